The van der Waals surface area contributed by atoms with Gasteiger partial charge < -0.3 is 5.11 Å². The highest BCUT2D eigenvalue weighted by molar-refractivity contribution is 5.89. The van der Waals surface area contributed by atoms with Gasteiger partial charge in [0.15, 0.2) is 11.6 Å². The molecule has 0 saturated carbocycles. The van der Waals surface area contributed by atoms with Crippen LogP contribution in [0.4, 0.5) is 13.2 Å². The number of benzene rings is 2. The summed E-state index contributed by atoms with van der Waals surface area (Å²) in [5.41, 5.74) is -1.03. The van der Waals surface area contributed by atoms with Crippen molar-refractivity contribution in [2.24, 2.45) is 0 Å². The molecule has 18 heavy (non-hydrogen) atoms. The van der Waals surface area contributed by atoms with Gasteiger partial charge in [-0.3, -0.25) is 0 Å². The molecule has 0 heterocycles. The highest BCUT2D eigenvalue weighted by Crippen LogP contribution is 2.28. The first-order valence-corrected chi connectivity index (χ1v) is 4.98. The molecule has 2 nitrogen and oxygen atoms in total. The Labute approximate surface area is 100 Å². The summed E-state index contributed by atoms with van der Waals surface area (Å²) in [6, 6.07) is 6.64. The second-order valence-corrected chi connectivity index (χ2v) is 3.60. The normalized spacial score (nSPS) is 10.4. The molecule has 2 aromatic rings. The van der Waals surface area contributed by atoms with Crippen molar-refractivity contribution in [1.29, 1.82) is 0 Å². The van der Waals surface area contributed by atoms with E-state index in [0.29, 0.717) is 6.07 Å². The van der Waals surface area contributed by atoms with Crippen molar-refractivity contribution in [2.75, 3.05) is 0 Å². The van der Waals surface area contributed by atoms with Gasteiger partial charge in [-0.15, -0.1) is 0 Å². The topological polar surface area (TPSA) is 37.3 Å². The smallest absolute Gasteiger partial charge is 0.335 e. The molecule has 5 heteroatoms. The van der Waals surface area contributed by atoms with E-state index in [0.717, 1.165) is 12.1 Å². The van der Waals surface area contributed by atoms with Gasteiger partial charge in [0, 0.05) is 11.1 Å². The van der Waals surface area contributed by atoms with E-state index in [1.165, 1.54) is 18.2 Å². The van der Waals surface area contributed by atoms with E-state index in [1.54, 1.807) is 0 Å². The standard InChI is InChI=1S/C13H7F3O2/c14-10-4-2-1-3-8(10)9-5-7(13(17)18)6-11(15)12(9)16/h1-6H,(H,17,18). The van der Waals surface area contributed by atoms with Gasteiger partial charge in [-0.2, -0.15) is 0 Å². The van der Waals surface area contributed by atoms with Crippen LogP contribution in [0.25, 0.3) is 11.1 Å². The molecule has 0 amide bonds. The van der Waals surface area contributed by atoms with Crippen molar-refractivity contribution in [3.8, 4) is 11.1 Å². The van der Waals surface area contributed by atoms with Crippen LogP contribution < -0.4 is 0 Å². The fraction of sp³-hybridized carbons (Fsp3) is 0. The summed E-state index contributed by atoms with van der Waals surface area (Å²) in [4.78, 5) is 10.8. The fourth-order valence-electron chi connectivity index (χ4n) is 1.59. The van der Waals surface area contributed by atoms with Crippen molar-refractivity contribution in [2.45, 2.75) is 0 Å². The van der Waals surface area contributed by atoms with Crippen LogP contribution >= 0.6 is 0 Å². The van der Waals surface area contributed by atoms with Crippen molar-refractivity contribution in [3.05, 3.63) is 59.4 Å². The van der Waals surface area contributed by atoms with E-state index in [9.17, 15) is 18.0 Å². The third kappa shape index (κ3) is 2.07. The van der Waals surface area contributed by atoms with Gasteiger partial charge in [0.2, 0.25) is 0 Å². The molecular weight excluding hydrogens is 245 g/mol. The summed E-state index contributed by atoms with van der Waals surface area (Å²) >= 11 is 0. The Kier molecular flexibility index (Phi) is 3.06. The minimum atomic E-state index is -1.41. The first-order chi connectivity index (χ1) is 8.50. The zero-order valence-electron chi connectivity index (χ0n) is 8.95. The van der Waals surface area contributed by atoms with Gasteiger partial charge in [-0.05, 0) is 18.2 Å². The maximum Gasteiger partial charge on any atom is 0.335 e. The Morgan fingerprint density at radius 2 is 1.61 bits per heavy atom. The van der Waals surface area contributed by atoms with Crippen LogP contribution in [0, 0.1) is 17.5 Å². The molecule has 1 N–H and O–H groups in total. The maximum absolute atomic E-state index is 13.6. The minimum Gasteiger partial charge on any atom is -0.478 e. The summed E-state index contributed by atoms with van der Waals surface area (Å²) in [7, 11) is 0. The minimum absolute atomic E-state index is 0.183. The van der Waals surface area contributed by atoms with Crippen molar-refractivity contribution >= 4 is 5.97 Å². The molecule has 2 aromatic carbocycles. The predicted molar refractivity (Wildman–Crippen MR) is 58.7 cm³/mol. The maximum atomic E-state index is 13.6. The van der Waals surface area contributed by atoms with Gasteiger partial charge in [-0.1, -0.05) is 18.2 Å². The Bertz CT molecular complexity index is 624. The number of carboxylic acids is 1. The average molecular weight is 252 g/mol. The van der Waals surface area contributed by atoms with Crippen LogP contribution in [-0.4, -0.2) is 11.1 Å². The van der Waals surface area contributed by atoms with E-state index >= 15 is 0 Å². The lowest BCUT2D eigenvalue weighted by atomic mass is 10.0. The van der Waals surface area contributed by atoms with Gasteiger partial charge in [0.1, 0.15) is 5.82 Å². The number of halogens is 3. The van der Waals surface area contributed by atoms with Gasteiger partial charge >= 0.3 is 5.97 Å². The zero-order chi connectivity index (χ0) is 13.3. The van der Waals surface area contributed by atoms with Gasteiger partial charge in [0.05, 0.1) is 5.56 Å². The summed E-state index contributed by atoms with van der Waals surface area (Å²) in [5.74, 6) is -4.76. The molecule has 2 rings (SSSR count). The van der Waals surface area contributed by atoms with E-state index in [-0.39, 0.29) is 5.56 Å². The van der Waals surface area contributed by atoms with Crippen LogP contribution in [0.5, 0.6) is 0 Å². The molecule has 0 bridgehead atoms. The molecule has 0 aliphatic rings. The number of carboxylic acid groups (broad SMARTS) is 1. The molecule has 0 aliphatic carbocycles. The van der Waals surface area contributed by atoms with Gasteiger partial charge in [-0.25, -0.2) is 18.0 Å². The average Bonchev–Trinajstić information content (AvgIpc) is 2.33. The molecule has 0 unspecified atom stereocenters. The Hall–Kier alpha value is -2.30. The second kappa shape index (κ2) is 4.52. The van der Waals surface area contributed by atoms with Crippen molar-refractivity contribution < 1.29 is 23.1 Å². The first-order valence-electron chi connectivity index (χ1n) is 4.98. The van der Waals surface area contributed by atoms with Crippen LogP contribution in [0.2, 0.25) is 0 Å². The summed E-state index contributed by atoms with van der Waals surface area (Å²) in [6.07, 6.45) is 0. The second-order valence-electron chi connectivity index (χ2n) is 3.60. The number of hydrogen-bond acceptors (Lipinski definition) is 1. The Morgan fingerprint density at radius 1 is 0.944 bits per heavy atom. The number of aromatic carboxylic acids is 1. The summed E-state index contributed by atoms with van der Waals surface area (Å²) < 4.78 is 40.3. The molecule has 0 aromatic heterocycles. The predicted octanol–water partition coefficient (Wildman–Crippen LogP) is 3.47. The number of hydrogen-bond donors (Lipinski definition) is 1. The number of rotatable bonds is 2. The van der Waals surface area contributed by atoms with Crippen LogP contribution in [0.15, 0.2) is 36.4 Å². The lowest BCUT2D eigenvalue weighted by Crippen LogP contribution is -2.01. The molecular formula is C13H7F3O2. The highest BCUT2D eigenvalue weighted by Gasteiger charge is 2.17. The van der Waals surface area contributed by atoms with E-state index < -0.39 is 34.5 Å². The third-order valence-corrected chi connectivity index (χ3v) is 2.44. The molecule has 0 spiro atoms. The summed E-state index contributed by atoms with van der Waals surface area (Å²) in [5, 5.41) is 8.76. The Balaban J connectivity index is 2.71. The first kappa shape index (κ1) is 12.2. The van der Waals surface area contributed by atoms with E-state index in [1.807, 2.05) is 0 Å². The Morgan fingerprint density at radius 3 is 2.22 bits per heavy atom. The van der Waals surface area contributed by atoms with Crippen LogP contribution in [0.1, 0.15) is 10.4 Å². The molecule has 0 aliphatic heterocycles. The van der Waals surface area contributed by atoms with Crippen molar-refractivity contribution in [3.63, 3.8) is 0 Å². The monoisotopic (exact) mass is 252 g/mol. The third-order valence-electron chi connectivity index (χ3n) is 2.44. The molecule has 0 atom stereocenters. The number of carbonyl (C=O) groups is 1. The SMILES string of the molecule is O=C(O)c1cc(F)c(F)c(-c2ccccc2F)c1. The molecule has 92 valence electrons. The summed E-state index contributed by atoms with van der Waals surface area (Å²) in [6.45, 7) is 0. The quantitative estimate of drug-likeness (QED) is 0.888. The highest BCUT2D eigenvalue weighted by atomic mass is 19.2. The fourth-order valence-corrected chi connectivity index (χ4v) is 1.59. The van der Waals surface area contributed by atoms with Crippen LogP contribution in [0.3, 0.4) is 0 Å². The lowest BCUT2D eigenvalue weighted by molar-refractivity contribution is 0.0696. The van der Waals surface area contributed by atoms with E-state index in [2.05, 4.69) is 0 Å². The molecule has 0 saturated heterocycles. The largest absolute Gasteiger partial charge is 0.478 e. The zero-order valence-corrected chi connectivity index (χ0v) is 8.95. The molecule has 0 radical (unpaired) electrons. The van der Waals surface area contributed by atoms with E-state index in [4.69, 9.17) is 5.11 Å². The van der Waals surface area contributed by atoms with Crippen molar-refractivity contribution in [1.82, 2.24) is 0 Å². The lowest BCUT2D eigenvalue weighted by Gasteiger charge is -2.07. The molecule has 0 fully saturated rings. The van der Waals surface area contributed by atoms with Gasteiger partial charge in [0.25, 0.3) is 0 Å². The van der Waals surface area contributed by atoms with Crippen LogP contribution in [-0.2, 0) is 0 Å².